The second-order valence-electron chi connectivity index (χ2n) is 5.46. The Labute approximate surface area is 109 Å². The molecule has 0 saturated heterocycles. The summed E-state index contributed by atoms with van der Waals surface area (Å²) in [5.41, 5.74) is 6.91. The monoisotopic (exact) mass is 248 g/mol. The molecule has 1 saturated carbocycles. The van der Waals surface area contributed by atoms with Crippen LogP contribution < -0.4 is 11.1 Å². The highest BCUT2D eigenvalue weighted by Crippen LogP contribution is 2.29. The van der Waals surface area contributed by atoms with Crippen molar-refractivity contribution in [3.63, 3.8) is 0 Å². The Bertz CT molecular complexity index is 391. The van der Waals surface area contributed by atoms with Crippen LogP contribution in [0.4, 0.5) is 11.6 Å². The lowest BCUT2D eigenvalue weighted by Gasteiger charge is -2.27. The van der Waals surface area contributed by atoms with Crippen molar-refractivity contribution in [1.82, 2.24) is 9.97 Å². The van der Waals surface area contributed by atoms with Crippen LogP contribution in [-0.2, 0) is 6.42 Å². The van der Waals surface area contributed by atoms with Gasteiger partial charge in [0.1, 0.15) is 18.0 Å². The molecule has 2 rings (SSSR count). The molecule has 1 heterocycles. The lowest BCUT2D eigenvalue weighted by atomic mass is 9.82. The summed E-state index contributed by atoms with van der Waals surface area (Å²) >= 11 is 0. The summed E-state index contributed by atoms with van der Waals surface area (Å²) < 4.78 is 0. The maximum atomic E-state index is 5.87. The van der Waals surface area contributed by atoms with Gasteiger partial charge in [-0.3, -0.25) is 0 Å². The third-order valence-electron chi connectivity index (χ3n) is 3.94. The van der Waals surface area contributed by atoms with Gasteiger partial charge in [-0.2, -0.15) is 0 Å². The van der Waals surface area contributed by atoms with Crippen LogP contribution in [0.25, 0.3) is 0 Å². The number of rotatable bonds is 4. The van der Waals surface area contributed by atoms with E-state index in [1.54, 1.807) is 6.33 Å². The molecule has 100 valence electrons. The predicted molar refractivity (Wildman–Crippen MR) is 75.4 cm³/mol. The van der Waals surface area contributed by atoms with Crippen molar-refractivity contribution in [3.05, 3.63) is 11.9 Å². The van der Waals surface area contributed by atoms with E-state index in [4.69, 9.17) is 5.73 Å². The largest absolute Gasteiger partial charge is 0.383 e. The summed E-state index contributed by atoms with van der Waals surface area (Å²) in [5, 5.41) is 3.46. The van der Waals surface area contributed by atoms with Gasteiger partial charge in [-0.15, -0.1) is 0 Å². The second kappa shape index (κ2) is 6.03. The molecule has 1 aromatic rings. The van der Waals surface area contributed by atoms with Crippen molar-refractivity contribution >= 4 is 11.6 Å². The number of nitrogens with zero attached hydrogens (tertiary/aromatic N) is 2. The molecule has 2 atom stereocenters. The minimum atomic E-state index is 0.604. The maximum Gasteiger partial charge on any atom is 0.134 e. The summed E-state index contributed by atoms with van der Waals surface area (Å²) in [4.78, 5) is 8.36. The van der Waals surface area contributed by atoms with Crippen LogP contribution in [0.15, 0.2) is 6.33 Å². The normalized spacial score (nSPS) is 23.9. The summed E-state index contributed by atoms with van der Waals surface area (Å²) in [6.07, 6.45) is 7.82. The average Bonchev–Trinajstić information content (AvgIpc) is 2.36. The quantitative estimate of drug-likeness (QED) is 0.860. The molecule has 0 bridgehead atoms. The van der Waals surface area contributed by atoms with E-state index < -0.39 is 0 Å². The van der Waals surface area contributed by atoms with Gasteiger partial charge in [-0.1, -0.05) is 26.7 Å². The lowest BCUT2D eigenvalue weighted by molar-refractivity contribution is 0.293. The number of hydrogen-bond acceptors (Lipinski definition) is 4. The Kier molecular flexibility index (Phi) is 4.39. The minimum Gasteiger partial charge on any atom is -0.383 e. The topological polar surface area (TPSA) is 63.8 Å². The lowest BCUT2D eigenvalue weighted by Crippen LogP contribution is -2.22. The zero-order chi connectivity index (χ0) is 13.0. The van der Waals surface area contributed by atoms with E-state index in [0.29, 0.717) is 5.82 Å². The molecule has 0 aromatic carbocycles. The molecule has 0 radical (unpaired) electrons. The second-order valence-corrected chi connectivity index (χ2v) is 5.46. The van der Waals surface area contributed by atoms with Crippen LogP contribution >= 0.6 is 0 Å². The molecule has 18 heavy (non-hydrogen) atoms. The first-order valence-electron chi connectivity index (χ1n) is 7.04. The summed E-state index contributed by atoms with van der Waals surface area (Å²) in [6.45, 7) is 5.45. The highest BCUT2D eigenvalue weighted by atomic mass is 15.0. The zero-order valence-electron chi connectivity index (χ0n) is 11.4. The molecule has 0 spiro atoms. The van der Waals surface area contributed by atoms with Crippen LogP contribution in [0.5, 0.6) is 0 Å². The fourth-order valence-corrected chi connectivity index (χ4v) is 2.91. The van der Waals surface area contributed by atoms with Gasteiger partial charge in [0.25, 0.3) is 0 Å². The zero-order valence-corrected chi connectivity index (χ0v) is 11.4. The van der Waals surface area contributed by atoms with E-state index in [2.05, 4.69) is 29.1 Å². The minimum absolute atomic E-state index is 0.604. The van der Waals surface area contributed by atoms with Gasteiger partial charge < -0.3 is 11.1 Å². The van der Waals surface area contributed by atoms with Crippen LogP contribution in [0.1, 0.15) is 45.1 Å². The van der Waals surface area contributed by atoms with Crippen molar-refractivity contribution in [1.29, 1.82) is 0 Å². The maximum absolute atomic E-state index is 5.87. The van der Waals surface area contributed by atoms with Gasteiger partial charge in [-0.25, -0.2) is 9.97 Å². The van der Waals surface area contributed by atoms with E-state index in [9.17, 15) is 0 Å². The smallest absolute Gasteiger partial charge is 0.134 e. The first kappa shape index (κ1) is 13.1. The molecule has 4 nitrogen and oxygen atoms in total. The van der Waals surface area contributed by atoms with Gasteiger partial charge >= 0.3 is 0 Å². The number of anilines is 2. The Hall–Kier alpha value is -1.32. The molecule has 0 aliphatic heterocycles. The molecule has 1 aliphatic rings. The van der Waals surface area contributed by atoms with E-state index in [1.165, 1.54) is 25.7 Å². The van der Waals surface area contributed by atoms with Crippen molar-refractivity contribution in [2.45, 2.75) is 46.0 Å². The third kappa shape index (κ3) is 3.12. The van der Waals surface area contributed by atoms with Gasteiger partial charge in [0, 0.05) is 12.1 Å². The molecule has 1 aliphatic carbocycles. The van der Waals surface area contributed by atoms with Crippen LogP contribution in [0.2, 0.25) is 0 Å². The van der Waals surface area contributed by atoms with Gasteiger partial charge in [0.05, 0.1) is 0 Å². The Morgan fingerprint density at radius 3 is 2.94 bits per heavy atom. The molecular weight excluding hydrogens is 224 g/mol. The standard InChI is InChI=1S/C14H24N4/c1-3-12-13(15)17-9-18-14(12)16-8-11-6-4-5-10(2)7-11/h9-11H,3-8H2,1-2H3,(H3,15,16,17,18). The van der Waals surface area contributed by atoms with E-state index in [0.717, 1.165) is 36.2 Å². The first-order valence-corrected chi connectivity index (χ1v) is 7.04. The third-order valence-corrected chi connectivity index (χ3v) is 3.94. The fourth-order valence-electron chi connectivity index (χ4n) is 2.91. The van der Waals surface area contributed by atoms with Crippen molar-refractivity contribution in [3.8, 4) is 0 Å². The number of nitrogens with two attached hydrogens (primary N) is 1. The molecular formula is C14H24N4. The molecule has 0 amide bonds. The van der Waals surface area contributed by atoms with E-state index >= 15 is 0 Å². The highest BCUT2D eigenvalue weighted by molar-refractivity contribution is 5.54. The van der Waals surface area contributed by atoms with Gasteiger partial charge in [0.15, 0.2) is 0 Å². The Morgan fingerprint density at radius 1 is 1.39 bits per heavy atom. The van der Waals surface area contributed by atoms with Crippen LogP contribution in [-0.4, -0.2) is 16.5 Å². The van der Waals surface area contributed by atoms with Crippen molar-refractivity contribution in [2.24, 2.45) is 11.8 Å². The Morgan fingerprint density at radius 2 is 2.22 bits per heavy atom. The van der Waals surface area contributed by atoms with Crippen molar-refractivity contribution in [2.75, 3.05) is 17.6 Å². The predicted octanol–water partition coefficient (Wildman–Crippen LogP) is 2.86. The van der Waals surface area contributed by atoms with E-state index in [1.807, 2.05) is 0 Å². The summed E-state index contributed by atoms with van der Waals surface area (Å²) in [6, 6.07) is 0. The first-order chi connectivity index (χ1) is 8.70. The van der Waals surface area contributed by atoms with Crippen molar-refractivity contribution < 1.29 is 0 Å². The molecule has 2 unspecified atom stereocenters. The number of aromatic nitrogens is 2. The molecule has 1 aromatic heterocycles. The van der Waals surface area contributed by atoms with Crippen LogP contribution in [0, 0.1) is 11.8 Å². The summed E-state index contributed by atoms with van der Waals surface area (Å²) in [7, 11) is 0. The molecule has 1 fully saturated rings. The molecule has 4 heteroatoms. The highest BCUT2D eigenvalue weighted by Gasteiger charge is 2.19. The van der Waals surface area contributed by atoms with E-state index in [-0.39, 0.29) is 0 Å². The Balaban J connectivity index is 1.95. The van der Waals surface area contributed by atoms with Gasteiger partial charge in [-0.05, 0) is 31.1 Å². The van der Waals surface area contributed by atoms with Crippen LogP contribution in [0.3, 0.4) is 0 Å². The SMILES string of the molecule is CCc1c(N)ncnc1NCC1CCCC(C)C1. The number of hydrogen-bond donors (Lipinski definition) is 2. The fraction of sp³-hybridized carbons (Fsp3) is 0.714. The molecule has 3 N–H and O–H groups in total. The average molecular weight is 248 g/mol. The summed E-state index contributed by atoms with van der Waals surface area (Å²) in [5.74, 6) is 3.16. The number of nitrogens with one attached hydrogen (secondary N) is 1. The van der Waals surface area contributed by atoms with Gasteiger partial charge in [0.2, 0.25) is 0 Å². The number of nitrogen functional groups attached to an aromatic ring is 1.